The van der Waals surface area contributed by atoms with E-state index < -0.39 is 6.10 Å². The molecule has 1 atom stereocenters. The average Bonchev–Trinajstić information content (AvgIpc) is 2.99. The Morgan fingerprint density at radius 1 is 1.45 bits per heavy atom. The van der Waals surface area contributed by atoms with Gasteiger partial charge in [0.25, 0.3) is 0 Å². The Morgan fingerprint density at radius 2 is 2.25 bits per heavy atom. The Morgan fingerprint density at radius 3 is 2.90 bits per heavy atom. The molecule has 2 heterocycles. The van der Waals surface area contributed by atoms with Crippen molar-refractivity contribution in [1.82, 2.24) is 4.57 Å². The van der Waals surface area contributed by atoms with Crippen LogP contribution in [0.3, 0.4) is 0 Å². The number of aliphatic hydroxyl groups is 1. The molecule has 3 rings (SSSR count). The third kappa shape index (κ3) is 2.08. The first kappa shape index (κ1) is 13.4. The van der Waals surface area contributed by atoms with Gasteiger partial charge in [0.2, 0.25) is 0 Å². The zero-order chi connectivity index (χ0) is 14.3. The summed E-state index contributed by atoms with van der Waals surface area (Å²) in [4.78, 5) is 12.3. The van der Waals surface area contributed by atoms with E-state index in [1.165, 1.54) is 11.3 Å². The largest absolute Gasteiger partial charge is 0.419 e. The van der Waals surface area contributed by atoms with Gasteiger partial charge in [-0.1, -0.05) is 17.7 Å². The van der Waals surface area contributed by atoms with E-state index >= 15 is 0 Å². The van der Waals surface area contributed by atoms with Crippen LogP contribution in [0, 0.1) is 0 Å². The molecule has 0 fully saturated rings. The molecule has 104 valence electrons. The quantitative estimate of drug-likeness (QED) is 0.806. The first-order valence-corrected chi connectivity index (χ1v) is 7.41. The molecule has 0 radical (unpaired) electrons. The number of fused-ring (bicyclic) bond motifs is 1. The Hall–Kier alpha value is -1.56. The summed E-state index contributed by atoms with van der Waals surface area (Å²) in [6, 6.07) is 6.99. The summed E-state index contributed by atoms with van der Waals surface area (Å²) in [7, 11) is 0. The molecule has 0 amide bonds. The van der Waals surface area contributed by atoms with E-state index in [-0.39, 0.29) is 5.76 Å². The summed E-state index contributed by atoms with van der Waals surface area (Å²) in [5.41, 5.74) is 1.85. The molecular weight excluding hydrogens is 298 g/mol. The first-order valence-electron chi connectivity index (χ1n) is 6.16. The van der Waals surface area contributed by atoms with Crippen molar-refractivity contribution >= 4 is 34.0 Å². The molecule has 1 unspecified atom stereocenters. The second-order valence-electron chi connectivity index (χ2n) is 4.37. The SMILES string of the molecule is CCn1c(=O)oc2cc(C(O)c3sccc3Cl)ccc21. The predicted molar refractivity (Wildman–Crippen MR) is 79.5 cm³/mol. The van der Waals surface area contributed by atoms with Crippen molar-refractivity contribution < 1.29 is 9.52 Å². The fourth-order valence-corrected chi connectivity index (χ4v) is 3.38. The Labute approximate surface area is 123 Å². The minimum atomic E-state index is -0.817. The molecule has 0 saturated heterocycles. The number of aliphatic hydroxyl groups excluding tert-OH is 1. The Bertz CT molecular complexity index is 817. The topological polar surface area (TPSA) is 55.4 Å². The third-order valence-corrected chi connectivity index (χ3v) is 4.63. The molecule has 0 aliphatic rings. The zero-order valence-corrected chi connectivity index (χ0v) is 12.2. The molecule has 1 aromatic carbocycles. The molecule has 0 saturated carbocycles. The lowest BCUT2D eigenvalue weighted by Crippen LogP contribution is -2.11. The molecule has 0 aliphatic heterocycles. The van der Waals surface area contributed by atoms with Crippen molar-refractivity contribution in [3.05, 3.63) is 55.7 Å². The number of aryl methyl sites for hydroxylation is 1. The predicted octanol–water partition coefficient (Wildman–Crippen LogP) is 3.41. The van der Waals surface area contributed by atoms with Gasteiger partial charge in [-0.25, -0.2) is 4.79 Å². The standard InChI is InChI=1S/C14H12ClNO3S/c1-2-16-10-4-3-8(7-11(10)19-14(16)18)12(17)13-9(15)5-6-20-13/h3-7,12,17H,2H2,1H3. The summed E-state index contributed by atoms with van der Waals surface area (Å²) in [5, 5.41) is 12.7. The van der Waals surface area contributed by atoms with Gasteiger partial charge in [0.1, 0.15) is 6.10 Å². The second-order valence-corrected chi connectivity index (χ2v) is 5.73. The van der Waals surface area contributed by atoms with Crippen LogP contribution in [-0.4, -0.2) is 9.67 Å². The lowest BCUT2D eigenvalue weighted by Gasteiger charge is -2.09. The van der Waals surface area contributed by atoms with E-state index in [2.05, 4.69) is 0 Å². The highest BCUT2D eigenvalue weighted by Gasteiger charge is 2.17. The molecule has 2 aromatic heterocycles. The summed E-state index contributed by atoms with van der Waals surface area (Å²) in [5.74, 6) is -0.386. The smallest absolute Gasteiger partial charge is 0.408 e. The van der Waals surface area contributed by atoms with Crippen LogP contribution in [0.1, 0.15) is 23.5 Å². The van der Waals surface area contributed by atoms with E-state index in [1.54, 1.807) is 28.8 Å². The van der Waals surface area contributed by atoms with E-state index in [0.29, 0.717) is 27.6 Å². The molecule has 3 aromatic rings. The number of aromatic nitrogens is 1. The number of oxazole rings is 1. The summed E-state index contributed by atoms with van der Waals surface area (Å²) in [6.45, 7) is 2.43. The maximum Gasteiger partial charge on any atom is 0.419 e. The minimum absolute atomic E-state index is 0.386. The van der Waals surface area contributed by atoms with Crippen molar-refractivity contribution in [3.63, 3.8) is 0 Å². The van der Waals surface area contributed by atoms with Crippen molar-refractivity contribution in [3.8, 4) is 0 Å². The molecule has 0 spiro atoms. The van der Waals surface area contributed by atoms with Crippen LogP contribution in [0.5, 0.6) is 0 Å². The van der Waals surface area contributed by atoms with Gasteiger partial charge in [-0.2, -0.15) is 0 Å². The van der Waals surface area contributed by atoms with E-state index in [1.807, 2.05) is 12.3 Å². The summed E-state index contributed by atoms with van der Waals surface area (Å²) >= 11 is 7.42. The lowest BCUT2D eigenvalue weighted by atomic mass is 10.1. The van der Waals surface area contributed by atoms with Crippen molar-refractivity contribution in [2.24, 2.45) is 0 Å². The van der Waals surface area contributed by atoms with Crippen LogP contribution >= 0.6 is 22.9 Å². The fraction of sp³-hybridized carbons (Fsp3) is 0.214. The van der Waals surface area contributed by atoms with Crippen LogP contribution in [0.4, 0.5) is 0 Å². The first-order chi connectivity index (χ1) is 9.61. The van der Waals surface area contributed by atoms with Crippen molar-refractivity contribution in [1.29, 1.82) is 0 Å². The van der Waals surface area contributed by atoms with Crippen LogP contribution in [0.25, 0.3) is 11.1 Å². The highest BCUT2D eigenvalue weighted by Crippen LogP contribution is 2.33. The fourth-order valence-electron chi connectivity index (χ4n) is 2.20. The number of halogens is 1. The Balaban J connectivity index is 2.10. The van der Waals surface area contributed by atoms with Crippen molar-refractivity contribution in [2.75, 3.05) is 0 Å². The van der Waals surface area contributed by atoms with Gasteiger partial charge in [0.15, 0.2) is 5.58 Å². The monoisotopic (exact) mass is 309 g/mol. The molecule has 1 N–H and O–H groups in total. The molecule has 0 bridgehead atoms. The summed E-state index contributed by atoms with van der Waals surface area (Å²) < 4.78 is 6.74. The van der Waals surface area contributed by atoms with Gasteiger partial charge in [0, 0.05) is 6.54 Å². The van der Waals surface area contributed by atoms with E-state index in [0.717, 1.165) is 5.52 Å². The van der Waals surface area contributed by atoms with Gasteiger partial charge >= 0.3 is 5.76 Å². The normalized spacial score (nSPS) is 12.9. The highest BCUT2D eigenvalue weighted by atomic mass is 35.5. The summed E-state index contributed by atoms with van der Waals surface area (Å²) in [6.07, 6.45) is -0.817. The molecule has 6 heteroatoms. The molecule has 20 heavy (non-hydrogen) atoms. The number of hydrogen-bond acceptors (Lipinski definition) is 4. The number of hydrogen-bond donors (Lipinski definition) is 1. The van der Waals surface area contributed by atoms with Gasteiger partial charge in [-0.3, -0.25) is 4.57 Å². The van der Waals surface area contributed by atoms with Crippen LogP contribution < -0.4 is 5.76 Å². The highest BCUT2D eigenvalue weighted by molar-refractivity contribution is 7.10. The van der Waals surface area contributed by atoms with Crippen LogP contribution in [-0.2, 0) is 6.54 Å². The molecular formula is C14H12ClNO3S. The molecule has 0 aliphatic carbocycles. The van der Waals surface area contributed by atoms with Crippen LogP contribution in [0.15, 0.2) is 38.9 Å². The number of nitrogens with zero attached hydrogens (tertiary/aromatic N) is 1. The average molecular weight is 310 g/mol. The second kappa shape index (κ2) is 5.09. The lowest BCUT2D eigenvalue weighted by molar-refractivity contribution is 0.224. The number of rotatable bonds is 3. The number of thiophene rings is 1. The van der Waals surface area contributed by atoms with Crippen LogP contribution in [0.2, 0.25) is 5.02 Å². The minimum Gasteiger partial charge on any atom is -0.408 e. The third-order valence-electron chi connectivity index (χ3n) is 3.22. The Kier molecular flexibility index (Phi) is 3.41. The van der Waals surface area contributed by atoms with E-state index in [4.69, 9.17) is 16.0 Å². The van der Waals surface area contributed by atoms with Gasteiger partial charge < -0.3 is 9.52 Å². The van der Waals surface area contributed by atoms with Crippen molar-refractivity contribution in [2.45, 2.75) is 19.6 Å². The van der Waals surface area contributed by atoms with E-state index in [9.17, 15) is 9.90 Å². The van der Waals surface area contributed by atoms with Gasteiger partial charge in [0.05, 0.1) is 15.4 Å². The number of benzene rings is 1. The maximum atomic E-state index is 11.6. The maximum absolute atomic E-state index is 11.6. The molecule has 4 nitrogen and oxygen atoms in total. The zero-order valence-electron chi connectivity index (χ0n) is 10.7. The van der Waals surface area contributed by atoms with Gasteiger partial charge in [-0.05, 0) is 36.1 Å². The van der Waals surface area contributed by atoms with Gasteiger partial charge in [-0.15, -0.1) is 11.3 Å².